The van der Waals surface area contributed by atoms with Gasteiger partial charge in [0, 0.05) is 25.5 Å². The van der Waals surface area contributed by atoms with E-state index in [1.165, 1.54) is 225 Å². The highest BCUT2D eigenvalue weighted by Gasteiger charge is 2.24. The quantitative estimate of drug-likeness (QED) is 0.0666. The molecule has 1 atom stereocenters. The number of rotatable bonds is 35. The predicted molar refractivity (Wildman–Crippen MR) is 196 cm³/mol. The summed E-state index contributed by atoms with van der Waals surface area (Å²) < 4.78 is 0. The predicted octanol–water partition coefficient (Wildman–Crippen LogP) is 14.3. The van der Waals surface area contributed by atoms with Gasteiger partial charge in [-0.05, 0) is 25.7 Å². The molecule has 0 saturated heterocycles. The second-order valence-electron chi connectivity index (χ2n) is 14.3. The van der Waals surface area contributed by atoms with Crippen molar-refractivity contribution in [2.24, 2.45) is 0 Å². The van der Waals surface area contributed by atoms with Crippen LogP contribution in [0.4, 0.5) is 0 Å². The van der Waals surface area contributed by atoms with Crippen LogP contribution in [-0.4, -0.2) is 29.1 Å². The molecule has 0 aliphatic carbocycles. The zero-order valence-corrected chi connectivity index (χ0v) is 30.4. The first kappa shape index (κ1) is 40.4. The molecule has 1 unspecified atom stereocenters. The molecule has 256 valence electrons. The molecule has 1 heterocycles. The average molecular weight is 603 g/mol. The van der Waals surface area contributed by atoms with Crippen molar-refractivity contribution in [1.29, 1.82) is 0 Å². The summed E-state index contributed by atoms with van der Waals surface area (Å²) in [6.07, 6.45) is 53.0. The fourth-order valence-electron chi connectivity index (χ4n) is 7.04. The molecule has 0 aromatic heterocycles. The fraction of sp³-hybridized carbons (Fsp3) is 0.951. The molecule has 0 radical (unpaired) electrons. The SMILES string of the molecule is CCCCCCCCCCCCCCCCCCN1C=CN(CCCC)C1CCCCCCCCCCCCCCCC. The number of unbranched alkanes of at least 4 members (excludes halogenated alkanes) is 29. The van der Waals surface area contributed by atoms with Gasteiger partial charge in [0.15, 0.2) is 0 Å². The minimum atomic E-state index is 0.639. The first-order valence-electron chi connectivity index (χ1n) is 20.5. The van der Waals surface area contributed by atoms with Crippen LogP contribution in [0, 0.1) is 0 Å². The number of nitrogens with zero attached hydrogens (tertiary/aromatic N) is 2. The molecule has 0 bridgehead atoms. The molecule has 0 amide bonds. The Kier molecular flexibility index (Phi) is 30.7. The van der Waals surface area contributed by atoms with Gasteiger partial charge in [-0.2, -0.15) is 0 Å². The summed E-state index contributed by atoms with van der Waals surface area (Å²) in [5, 5.41) is 0. The van der Waals surface area contributed by atoms with E-state index in [2.05, 4.69) is 43.0 Å². The van der Waals surface area contributed by atoms with Crippen molar-refractivity contribution >= 4 is 0 Å². The summed E-state index contributed by atoms with van der Waals surface area (Å²) in [6.45, 7) is 9.46. The minimum Gasteiger partial charge on any atom is -0.356 e. The van der Waals surface area contributed by atoms with Crippen LogP contribution in [0.25, 0.3) is 0 Å². The number of hydrogen-bond acceptors (Lipinski definition) is 2. The fourth-order valence-corrected chi connectivity index (χ4v) is 7.04. The van der Waals surface area contributed by atoms with Crippen molar-refractivity contribution in [2.75, 3.05) is 13.1 Å². The van der Waals surface area contributed by atoms with Gasteiger partial charge in [-0.3, -0.25) is 0 Å². The molecule has 2 heteroatoms. The molecular weight excluding hydrogens is 520 g/mol. The van der Waals surface area contributed by atoms with E-state index in [9.17, 15) is 0 Å². The Morgan fingerprint density at radius 1 is 0.302 bits per heavy atom. The third kappa shape index (κ3) is 25.2. The zero-order valence-electron chi connectivity index (χ0n) is 30.4. The molecule has 1 rings (SSSR count). The summed E-state index contributed by atoms with van der Waals surface area (Å²) in [7, 11) is 0. The maximum Gasteiger partial charge on any atom is 0.101 e. The van der Waals surface area contributed by atoms with Crippen LogP contribution in [0.2, 0.25) is 0 Å². The second kappa shape index (κ2) is 32.7. The van der Waals surface area contributed by atoms with Crippen LogP contribution in [0.15, 0.2) is 12.4 Å². The second-order valence-corrected chi connectivity index (χ2v) is 14.3. The Hall–Kier alpha value is -0.660. The van der Waals surface area contributed by atoms with E-state index in [1.807, 2.05) is 0 Å². The molecule has 1 aliphatic rings. The Labute approximate surface area is 273 Å². The minimum absolute atomic E-state index is 0.639. The highest BCUT2D eigenvalue weighted by Crippen LogP contribution is 2.24. The van der Waals surface area contributed by atoms with E-state index < -0.39 is 0 Å². The van der Waals surface area contributed by atoms with E-state index in [1.54, 1.807) is 0 Å². The molecule has 0 spiro atoms. The summed E-state index contributed by atoms with van der Waals surface area (Å²) in [4.78, 5) is 5.36. The lowest BCUT2D eigenvalue weighted by atomic mass is 10.0. The summed E-state index contributed by atoms with van der Waals surface area (Å²) in [6, 6.07) is 0. The molecule has 2 nitrogen and oxygen atoms in total. The van der Waals surface area contributed by atoms with E-state index in [4.69, 9.17) is 0 Å². The lowest BCUT2D eigenvalue weighted by molar-refractivity contribution is 0.136. The van der Waals surface area contributed by atoms with E-state index in [0.717, 1.165) is 0 Å². The summed E-state index contributed by atoms with van der Waals surface area (Å²) in [5.74, 6) is 0. The van der Waals surface area contributed by atoms with Crippen molar-refractivity contribution in [1.82, 2.24) is 9.80 Å². The molecule has 0 fully saturated rings. The Bertz CT molecular complexity index is 558. The van der Waals surface area contributed by atoms with Crippen LogP contribution >= 0.6 is 0 Å². The van der Waals surface area contributed by atoms with Gasteiger partial charge in [0.2, 0.25) is 0 Å². The maximum atomic E-state index is 2.70. The van der Waals surface area contributed by atoms with Crippen LogP contribution in [0.3, 0.4) is 0 Å². The maximum absolute atomic E-state index is 2.70. The molecule has 0 saturated carbocycles. The molecule has 0 aromatic carbocycles. The molecule has 0 N–H and O–H groups in total. The van der Waals surface area contributed by atoms with Gasteiger partial charge in [-0.15, -0.1) is 0 Å². The van der Waals surface area contributed by atoms with Crippen LogP contribution < -0.4 is 0 Å². The van der Waals surface area contributed by atoms with Gasteiger partial charge in [-0.25, -0.2) is 0 Å². The molecular formula is C41H82N2. The van der Waals surface area contributed by atoms with Crippen molar-refractivity contribution in [2.45, 2.75) is 239 Å². The highest BCUT2D eigenvalue weighted by molar-refractivity contribution is 4.96. The largest absolute Gasteiger partial charge is 0.356 e. The first-order chi connectivity index (χ1) is 21.3. The zero-order chi connectivity index (χ0) is 30.9. The van der Waals surface area contributed by atoms with Gasteiger partial charge in [0.25, 0.3) is 0 Å². The van der Waals surface area contributed by atoms with E-state index >= 15 is 0 Å². The van der Waals surface area contributed by atoms with E-state index in [-0.39, 0.29) is 0 Å². The van der Waals surface area contributed by atoms with Gasteiger partial charge in [0.1, 0.15) is 6.17 Å². The van der Waals surface area contributed by atoms with Gasteiger partial charge < -0.3 is 9.80 Å². The molecule has 0 aromatic rings. The number of hydrogen-bond donors (Lipinski definition) is 0. The van der Waals surface area contributed by atoms with Crippen LogP contribution in [-0.2, 0) is 0 Å². The van der Waals surface area contributed by atoms with Crippen LogP contribution in [0.5, 0.6) is 0 Å². The van der Waals surface area contributed by atoms with Crippen molar-refractivity contribution in [3.05, 3.63) is 12.4 Å². The Morgan fingerprint density at radius 3 is 0.884 bits per heavy atom. The first-order valence-corrected chi connectivity index (χ1v) is 20.5. The molecule has 1 aliphatic heterocycles. The van der Waals surface area contributed by atoms with Crippen LogP contribution in [0.1, 0.15) is 233 Å². The van der Waals surface area contributed by atoms with Crippen molar-refractivity contribution in [3.8, 4) is 0 Å². The summed E-state index contributed by atoms with van der Waals surface area (Å²) in [5.41, 5.74) is 0. The van der Waals surface area contributed by atoms with Gasteiger partial charge in [-0.1, -0.05) is 207 Å². The Balaban J connectivity index is 2.01. The Morgan fingerprint density at radius 2 is 0.558 bits per heavy atom. The highest BCUT2D eigenvalue weighted by atomic mass is 15.4. The van der Waals surface area contributed by atoms with Gasteiger partial charge in [0.05, 0.1) is 0 Å². The van der Waals surface area contributed by atoms with Crippen molar-refractivity contribution < 1.29 is 0 Å². The third-order valence-electron chi connectivity index (χ3n) is 10.1. The van der Waals surface area contributed by atoms with Gasteiger partial charge >= 0.3 is 0 Å². The molecule has 43 heavy (non-hydrogen) atoms. The van der Waals surface area contributed by atoms with Crippen molar-refractivity contribution in [3.63, 3.8) is 0 Å². The van der Waals surface area contributed by atoms with E-state index in [0.29, 0.717) is 6.17 Å². The topological polar surface area (TPSA) is 6.48 Å². The standard InChI is InChI=1S/C41H82N2/c1-4-7-10-12-14-16-18-20-22-23-25-27-29-31-33-35-38-43-40-39-42(37-9-6-3)41(43)36-34-32-30-28-26-24-21-19-17-15-13-11-8-5-2/h39-41H,4-38H2,1-3H3. The normalized spacial score (nSPS) is 14.9. The lowest BCUT2D eigenvalue weighted by Gasteiger charge is -2.33. The third-order valence-corrected chi connectivity index (χ3v) is 10.1. The smallest absolute Gasteiger partial charge is 0.101 e. The summed E-state index contributed by atoms with van der Waals surface area (Å²) >= 11 is 0. The monoisotopic (exact) mass is 603 g/mol. The lowest BCUT2D eigenvalue weighted by Crippen LogP contribution is -2.39. The average Bonchev–Trinajstić information content (AvgIpc) is 3.40.